The molecule has 0 radical (unpaired) electrons. The number of fused-ring (bicyclic) bond motifs is 3. The molecule has 3 heterocycles. The Balaban J connectivity index is 1.65. The molecular weight excluding hydrogens is 368 g/mol. The van der Waals surface area contributed by atoms with Crippen molar-refractivity contribution in [2.45, 2.75) is 6.42 Å². The summed E-state index contributed by atoms with van der Waals surface area (Å²) in [6, 6.07) is 4.04. The van der Waals surface area contributed by atoms with Gasteiger partial charge in [0.1, 0.15) is 5.04 Å². The average molecular weight is 381 g/mol. The van der Waals surface area contributed by atoms with E-state index in [-0.39, 0.29) is 0 Å². The highest BCUT2D eigenvalue weighted by atomic mass is 35.5. The number of pyridine rings is 1. The Bertz CT molecular complexity index is 992. The second-order valence-corrected chi connectivity index (χ2v) is 8.32. The smallest absolute Gasteiger partial charge is 0.103 e. The molecule has 122 valence electrons. The second kappa shape index (κ2) is 6.20. The minimum absolute atomic E-state index is 0.692. The first kappa shape index (κ1) is 15.5. The highest BCUT2D eigenvalue weighted by molar-refractivity contribution is 8.18. The molecule has 4 aliphatic rings. The first-order chi connectivity index (χ1) is 12.3. The first-order valence-electron chi connectivity index (χ1n) is 8.01. The third-order valence-corrected chi connectivity index (χ3v) is 7.09. The maximum absolute atomic E-state index is 6.67. The van der Waals surface area contributed by atoms with Crippen LogP contribution >= 0.6 is 35.1 Å². The Morgan fingerprint density at radius 1 is 1.00 bits per heavy atom. The molecule has 0 fully saturated rings. The van der Waals surface area contributed by atoms with Crippen LogP contribution in [0.15, 0.2) is 96.4 Å². The van der Waals surface area contributed by atoms with E-state index in [0.717, 1.165) is 22.1 Å². The first-order valence-corrected chi connectivity index (χ1v) is 10.1. The molecule has 5 heteroatoms. The molecule has 0 spiro atoms. The number of allylic oxidation sites excluding steroid dienone is 8. The molecular formula is C20H13ClN2S2. The van der Waals surface area contributed by atoms with Crippen LogP contribution in [0.3, 0.4) is 0 Å². The number of nitrogens with zero attached hydrogens (tertiary/aromatic N) is 2. The summed E-state index contributed by atoms with van der Waals surface area (Å²) in [4.78, 5) is 11.5. The van der Waals surface area contributed by atoms with E-state index in [9.17, 15) is 0 Å². The fraction of sp³-hybridized carbons (Fsp3) is 0.100. The van der Waals surface area contributed by atoms with Crippen molar-refractivity contribution in [1.29, 1.82) is 0 Å². The molecule has 0 amide bonds. The topological polar surface area (TPSA) is 25.2 Å². The van der Waals surface area contributed by atoms with Crippen LogP contribution in [0.4, 0.5) is 0 Å². The number of halogens is 1. The summed E-state index contributed by atoms with van der Waals surface area (Å²) < 4.78 is 0. The highest BCUT2D eigenvalue weighted by Gasteiger charge is 2.33. The van der Waals surface area contributed by atoms with Crippen LogP contribution in [0.25, 0.3) is 0 Å². The molecule has 1 aromatic rings. The van der Waals surface area contributed by atoms with Crippen molar-refractivity contribution in [2.24, 2.45) is 4.99 Å². The van der Waals surface area contributed by atoms with Gasteiger partial charge in [0.15, 0.2) is 0 Å². The van der Waals surface area contributed by atoms with Crippen molar-refractivity contribution in [3.63, 3.8) is 0 Å². The molecule has 0 aromatic carbocycles. The lowest BCUT2D eigenvalue weighted by atomic mass is 10.1. The van der Waals surface area contributed by atoms with Crippen molar-refractivity contribution in [3.8, 4) is 0 Å². The van der Waals surface area contributed by atoms with Gasteiger partial charge in [-0.2, -0.15) is 0 Å². The fourth-order valence-electron chi connectivity index (χ4n) is 3.34. The van der Waals surface area contributed by atoms with Crippen LogP contribution in [-0.2, 0) is 0 Å². The van der Waals surface area contributed by atoms with Crippen LogP contribution < -0.4 is 0 Å². The van der Waals surface area contributed by atoms with Crippen LogP contribution in [0.2, 0.25) is 0 Å². The molecule has 25 heavy (non-hydrogen) atoms. The zero-order valence-corrected chi connectivity index (χ0v) is 15.6. The van der Waals surface area contributed by atoms with E-state index >= 15 is 0 Å². The van der Waals surface area contributed by atoms with Gasteiger partial charge in [-0.25, -0.2) is 0 Å². The molecule has 2 nitrogen and oxygen atoms in total. The van der Waals surface area contributed by atoms with Gasteiger partial charge in [0, 0.05) is 44.8 Å². The largest absolute Gasteiger partial charge is 0.273 e. The summed E-state index contributed by atoms with van der Waals surface area (Å²) in [5.74, 6) is 0. The Labute approximate surface area is 159 Å². The molecule has 0 unspecified atom stereocenters. The summed E-state index contributed by atoms with van der Waals surface area (Å²) >= 11 is 10.2. The van der Waals surface area contributed by atoms with Gasteiger partial charge in [-0.15, -0.1) is 0 Å². The lowest BCUT2D eigenvalue weighted by Crippen LogP contribution is -2.08. The predicted molar refractivity (Wildman–Crippen MR) is 109 cm³/mol. The van der Waals surface area contributed by atoms with Crippen molar-refractivity contribution >= 4 is 40.2 Å². The highest BCUT2D eigenvalue weighted by Crippen LogP contribution is 2.53. The van der Waals surface area contributed by atoms with Crippen molar-refractivity contribution < 1.29 is 0 Å². The van der Waals surface area contributed by atoms with Gasteiger partial charge in [-0.1, -0.05) is 53.4 Å². The van der Waals surface area contributed by atoms with Crippen LogP contribution in [0.1, 0.15) is 12.0 Å². The molecule has 0 bridgehead atoms. The zero-order chi connectivity index (χ0) is 16.8. The normalized spacial score (nSPS) is 21.6. The van der Waals surface area contributed by atoms with E-state index in [1.54, 1.807) is 23.5 Å². The van der Waals surface area contributed by atoms with Gasteiger partial charge < -0.3 is 0 Å². The Kier molecular flexibility index (Phi) is 3.85. The van der Waals surface area contributed by atoms with Gasteiger partial charge in [0.25, 0.3) is 0 Å². The maximum atomic E-state index is 6.67. The average Bonchev–Trinajstić information content (AvgIpc) is 3.00. The summed E-state index contributed by atoms with van der Waals surface area (Å²) in [7, 11) is 0. The van der Waals surface area contributed by atoms with E-state index in [4.69, 9.17) is 16.6 Å². The van der Waals surface area contributed by atoms with Gasteiger partial charge in [-0.3, -0.25) is 9.98 Å². The molecule has 2 aliphatic carbocycles. The Morgan fingerprint density at radius 2 is 1.88 bits per heavy atom. The SMILES string of the molecule is ClC1=CC=C2CN=C(c3ccncc3)SC2=C2CC3=CC=CSC3=C12. The van der Waals surface area contributed by atoms with E-state index < -0.39 is 0 Å². The van der Waals surface area contributed by atoms with E-state index in [1.807, 2.05) is 30.6 Å². The van der Waals surface area contributed by atoms with E-state index in [0.29, 0.717) is 6.54 Å². The molecule has 5 rings (SSSR count). The summed E-state index contributed by atoms with van der Waals surface area (Å²) in [5, 5.41) is 4.01. The van der Waals surface area contributed by atoms with E-state index in [2.05, 4.69) is 28.6 Å². The number of aromatic nitrogens is 1. The number of hydrogen-bond donors (Lipinski definition) is 0. The third-order valence-electron chi connectivity index (χ3n) is 4.50. The second-order valence-electron chi connectivity index (χ2n) is 5.99. The monoisotopic (exact) mass is 380 g/mol. The molecule has 2 aliphatic heterocycles. The van der Waals surface area contributed by atoms with Gasteiger partial charge >= 0.3 is 0 Å². The van der Waals surface area contributed by atoms with Gasteiger partial charge in [-0.05, 0) is 40.3 Å². The van der Waals surface area contributed by atoms with Crippen molar-refractivity contribution in [2.75, 3.05) is 6.54 Å². The number of thioether (sulfide) groups is 2. The number of rotatable bonds is 1. The minimum Gasteiger partial charge on any atom is -0.273 e. The third kappa shape index (κ3) is 2.60. The lowest BCUT2D eigenvalue weighted by Gasteiger charge is -2.20. The van der Waals surface area contributed by atoms with Crippen LogP contribution in [0.5, 0.6) is 0 Å². The van der Waals surface area contributed by atoms with Crippen molar-refractivity contribution in [3.05, 3.63) is 96.9 Å². The van der Waals surface area contributed by atoms with Crippen LogP contribution in [-0.4, -0.2) is 16.6 Å². The molecule has 0 saturated heterocycles. The summed E-state index contributed by atoms with van der Waals surface area (Å²) in [6.07, 6.45) is 13.1. The quantitative estimate of drug-likeness (QED) is 0.621. The minimum atomic E-state index is 0.692. The molecule has 0 N–H and O–H groups in total. The number of hydrogen-bond acceptors (Lipinski definition) is 4. The molecule has 0 atom stereocenters. The Hall–Kier alpha value is -1.75. The summed E-state index contributed by atoms with van der Waals surface area (Å²) in [5.41, 5.74) is 6.28. The molecule has 0 saturated carbocycles. The maximum Gasteiger partial charge on any atom is 0.103 e. The lowest BCUT2D eigenvalue weighted by molar-refractivity contribution is 1.14. The van der Waals surface area contributed by atoms with Crippen molar-refractivity contribution in [1.82, 2.24) is 4.98 Å². The van der Waals surface area contributed by atoms with E-state index in [1.165, 1.54) is 32.1 Å². The Morgan fingerprint density at radius 3 is 2.76 bits per heavy atom. The van der Waals surface area contributed by atoms with Gasteiger partial charge in [0.2, 0.25) is 0 Å². The molecule has 1 aromatic heterocycles. The van der Waals surface area contributed by atoms with Crippen LogP contribution in [0, 0.1) is 0 Å². The summed E-state index contributed by atoms with van der Waals surface area (Å²) in [6.45, 7) is 0.692. The fourth-order valence-corrected chi connectivity index (χ4v) is 5.74. The zero-order valence-electron chi connectivity index (χ0n) is 13.2. The number of aliphatic imine (C=N–C) groups is 1. The standard InChI is InChI=1S/C20H13ClN2S2/c21-16-4-3-14-11-23-20(12-5-7-22-8-6-12)25-18(14)15-10-13-2-1-9-24-19(13)17(15)16/h1-9H,10-11H2. The van der Waals surface area contributed by atoms with Gasteiger partial charge in [0.05, 0.1) is 6.54 Å². The predicted octanol–water partition coefficient (Wildman–Crippen LogP) is 5.74.